The van der Waals surface area contributed by atoms with E-state index in [9.17, 15) is 9.18 Å². The number of hydrogen-bond donors (Lipinski definition) is 1. The van der Waals surface area contributed by atoms with Gasteiger partial charge in [-0.3, -0.25) is 4.79 Å². The molecular formula is C17H13ClFN3O2S. The lowest BCUT2D eigenvalue weighted by Crippen LogP contribution is -2.22. The summed E-state index contributed by atoms with van der Waals surface area (Å²) in [5, 5.41) is 10.3. The van der Waals surface area contributed by atoms with Crippen molar-refractivity contribution in [1.29, 1.82) is 0 Å². The highest BCUT2D eigenvalue weighted by Gasteiger charge is 2.19. The normalized spacial score (nSPS) is 12.0. The Kier molecular flexibility index (Phi) is 5.35. The van der Waals surface area contributed by atoms with Crippen molar-refractivity contribution in [2.24, 2.45) is 0 Å². The summed E-state index contributed by atoms with van der Waals surface area (Å²) in [7, 11) is 0. The molecule has 0 spiro atoms. The first kappa shape index (κ1) is 17.4. The number of anilines is 1. The minimum Gasteiger partial charge on any atom is -0.411 e. The van der Waals surface area contributed by atoms with Gasteiger partial charge in [0.25, 0.3) is 5.22 Å². The van der Waals surface area contributed by atoms with Gasteiger partial charge in [0, 0.05) is 11.3 Å². The largest absolute Gasteiger partial charge is 0.411 e. The van der Waals surface area contributed by atoms with Crippen LogP contribution in [0.2, 0.25) is 5.02 Å². The lowest BCUT2D eigenvalue weighted by molar-refractivity contribution is -0.115. The number of nitrogens with one attached hydrogen (secondary N) is 1. The van der Waals surface area contributed by atoms with Crippen molar-refractivity contribution in [3.8, 4) is 11.5 Å². The molecular weight excluding hydrogens is 365 g/mol. The minimum atomic E-state index is -0.540. The Hall–Kier alpha value is -2.38. The molecule has 5 nitrogen and oxygen atoms in total. The first-order valence-electron chi connectivity index (χ1n) is 7.34. The molecule has 0 saturated heterocycles. The molecule has 3 rings (SSSR count). The Morgan fingerprint density at radius 1 is 1.24 bits per heavy atom. The van der Waals surface area contributed by atoms with E-state index in [4.69, 9.17) is 16.0 Å². The van der Waals surface area contributed by atoms with E-state index in [1.165, 1.54) is 18.2 Å². The average molecular weight is 378 g/mol. The summed E-state index contributed by atoms with van der Waals surface area (Å²) in [5.41, 5.74) is 1.22. The van der Waals surface area contributed by atoms with Gasteiger partial charge < -0.3 is 9.73 Å². The molecule has 0 fully saturated rings. The van der Waals surface area contributed by atoms with E-state index < -0.39 is 11.1 Å². The van der Waals surface area contributed by atoms with Crippen LogP contribution >= 0.6 is 23.4 Å². The van der Waals surface area contributed by atoms with Gasteiger partial charge in [-0.2, -0.15) is 0 Å². The van der Waals surface area contributed by atoms with Gasteiger partial charge in [0.05, 0.1) is 10.3 Å². The van der Waals surface area contributed by atoms with E-state index >= 15 is 0 Å². The van der Waals surface area contributed by atoms with Crippen LogP contribution in [0, 0.1) is 5.82 Å². The molecule has 8 heteroatoms. The van der Waals surface area contributed by atoms with Gasteiger partial charge in [0.1, 0.15) is 5.82 Å². The quantitative estimate of drug-likeness (QED) is 0.655. The number of hydrogen-bond acceptors (Lipinski definition) is 5. The molecule has 25 heavy (non-hydrogen) atoms. The van der Waals surface area contributed by atoms with Crippen LogP contribution in [-0.2, 0) is 4.79 Å². The fraction of sp³-hybridized carbons (Fsp3) is 0.118. The number of rotatable bonds is 5. The van der Waals surface area contributed by atoms with Crippen LogP contribution in [0.25, 0.3) is 11.5 Å². The molecule has 1 N–H and O–H groups in total. The van der Waals surface area contributed by atoms with Crippen molar-refractivity contribution in [3.05, 3.63) is 59.4 Å². The minimum absolute atomic E-state index is 0.0532. The maximum Gasteiger partial charge on any atom is 0.277 e. The molecule has 1 aromatic heterocycles. The zero-order valence-corrected chi connectivity index (χ0v) is 14.6. The number of amides is 1. The zero-order valence-electron chi connectivity index (χ0n) is 13.1. The third-order valence-electron chi connectivity index (χ3n) is 3.26. The Balaban J connectivity index is 1.63. The summed E-state index contributed by atoms with van der Waals surface area (Å²) in [4.78, 5) is 12.2. The Labute approximate surface area is 152 Å². The van der Waals surface area contributed by atoms with Crippen LogP contribution in [-0.4, -0.2) is 21.4 Å². The number of carbonyl (C=O) groups excluding carboxylic acids is 1. The summed E-state index contributed by atoms with van der Waals surface area (Å²) < 4.78 is 18.7. The van der Waals surface area contributed by atoms with E-state index in [1.54, 1.807) is 6.92 Å². The average Bonchev–Trinajstić information content (AvgIpc) is 3.07. The Bertz CT molecular complexity index is 889. The van der Waals surface area contributed by atoms with E-state index in [0.29, 0.717) is 16.8 Å². The third-order valence-corrected chi connectivity index (χ3v) is 4.49. The van der Waals surface area contributed by atoms with E-state index in [1.807, 2.05) is 30.3 Å². The molecule has 1 unspecified atom stereocenters. The summed E-state index contributed by atoms with van der Waals surface area (Å²) in [6.07, 6.45) is 0. The van der Waals surface area contributed by atoms with E-state index in [-0.39, 0.29) is 10.9 Å². The van der Waals surface area contributed by atoms with Crippen LogP contribution in [0.3, 0.4) is 0 Å². The second-order valence-electron chi connectivity index (χ2n) is 5.12. The number of nitrogens with zero attached hydrogens (tertiary/aromatic N) is 2. The summed E-state index contributed by atoms with van der Waals surface area (Å²) in [6.45, 7) is 1.71. The molecule has 0 aliphatic carbocycles. The molecule has 0 aliphatic rings. The van der Waals surface area contributed by atoms with Crippen molar-refractivity contribution < 1.29 is 13.6 Å². The summed E-state index contributed by atoms with van der Waals surface area (Å²) >= 11 is 6.84. The SMILES string of the molecule is CC(Sc1nnc(-c2ccccc2)o1)C(=O)Nc1ccc(F)c(Cl)c1. The lowest BCUT2D eigenvalue weighted by Gasteiger charge is -2.10. The van der Waals surface area contributed by atoms with E-state index in [0.717, 1.165) is 17.3 Å². The molecule has 0 bridgehead atoms. The fourth-order valence-corrected chi connectivity index (χ4v) is 2.84. The van der Waals surface area contributed by atoms with Crippen molar-refractivity contribution in [3.63, 3.8) is 0 Å². The van der Waals surface area contributed by atoms with Gasteiger partial charge in [0.2, 0.25) is 11.8 Å². The number of aromatic nitrogens is 2. The highest BCUT2D eigenvalue weighted by molar-refractivity contribution is 8.00. The van der Waals surface area contributed by atoms with Gasteiger partial charge in [-0.05, 0) is 37.3 Å². The molecule has 1 heterocycles. The van der Waals surface area contributed by atoms with Crippen molar-refractivity contribution in [2.45, 2.75) is 17.4 Å². The molecule has 1 amide bonds. The smallest absolute Gasteiger partial charge is 0.277 e. The van der Waals surface area contributed by atoms with Gasteiger partial charge in [0.15, 0.2) is 0 Å². The van der Waals surface area contributed by atoms with Gasteiger partial charge in [-0.25, -0.2) is 4.39 Å². The molecule has 1 atom stereocenters. The maximum atomic E-state index is 13.1. The van der Waals surface area contributed by atoms with Crippen LogP contribution in [0.15, 0.2) is 58.2 Å². The number of carbonyl (C=O) groups is 1. The topological polar surface area (TPSA) is 68.0 Å². The standard InChI is InChI=1S/C17H13ClFN3O2S/c1-10(15(23)20-12-7-8-14(19)13(18)9-12)25-17-22-21-16(24-17)11-5-3-2-4-6-11/h2-10H,1H3,(H,20,23). The molecule has 0 aliphatic heterocycles. The first-order valence-corrected chi connectivity index (χ1v) is 8.60. The zero-order chi connectivity index (χ0) is 17.8. The molecule has 0 saturated carbocycles. The summed E-state index contributed by atoms with van der Waals surface area (Å²) in [5.74, 6) is -0.436. The van der Waals surface area contributed by atoms with Crippen LogP contribution in [0.1, 0.15) is 6.92 Å². The number of thioether (sulfide) groups is 1. The van der Waals surface area contributed by atoms with Crippen molar-refractivity contribution in [1.82, 2.24) is 10.2 Å². The van der Waals surface area contributed by atoms with Crippen LogP contribution < -0.4 is 5.32 Å². The van der Waals surface area contributed by atoms with E-state index in [2.05, 4.69) is 15.5 Å². The molecule has 128 valence electrons. The third kappa shape index (κ3) is 4.37. The van der Waals surface area contributed by atoms with Crippen LogP contribution in [0.5, 0.6) is 0 Å². The van der Waals surface area contributed by atoms with Gasteiger partial charge in [-0.15, -0.1) is 10.2 Å². The van der Waals surface area contributed by atoms with Gasteiger partial charge in [-0.1, -0.05) is 41.6 Å². The Morgan fingerprint density at radius 3 is 2.72 bits per heavy atom. The second-order valence-corrected chi connectivity index (χ2v) is 6.82. The van der Waals surface area contributed by atoms with Crippen molar-refractivity contribution in [2.75, 3.05) is 5.32 Å². The number of halogens is 2. The molecule has 3 aromatic rings. The highest BCUT2D eigenvalue weighted by atomic mass is 35.5. The van der Waals surface area contributed by atoms with Crippen LogP contribution in [0.4, 0.5) is 10.1 Å². The highest BCUT2D eigenvalue weighted by Crippen LogP contribution is 2.27. The monoisotopic (exact) mass is 377 g/mol. The fourth-order valence-electron chi connectivity index (χ4n) is 1.98. The predicted octanol–water partition coefficient (Wildman–Crippen LogP) is 4.65. The number of benzene rings is 2. The van der Waals surface area contributed by atoms with Crippen molar-refractivity contribution >= 4 is 35.0 Å². The second kappa shape index (κ2) is 7.67. The van der Waals surface area contributed by atoms with Gasteiger partial charge >= 0.3 is 0 Å². The molecule has 2 aromatic carbocycles. The summed E-state index contributed by atoms with van der Waals surface area (Å²) in [6, 6.07) is 13.3. The predicted molar refractivity (Wildman–Crippen MR) is 95.1 cm³/mol. The maximum absolute atomic E-state index is 13.1. The lowest BCUT2D eigenvalue weighted by atomic mass is 10.2. The Morgan fingerprint density at radius 2 is 2.00 bits per heavy atom. The molecule has 0 radical (unpaired) electrons. The first-order chi connectivity index (χ1) is 12.0.